The quantitative estimate of drug-likeness (QED) is 0.274. The summed E-state index contributed by atoms with van der Waals surface area (Å²) >= 11 is 1.74. The van der Waals surface area contributed by atoms with Crippen LogP contribution in [0.1, 0.15) is 71.1 Å². The van der Waals surface area contributed by atoms with Gasteiger partial charge in [-0.05, 0) is 30.4 Å². The number of benzene rings is 1. The molecule has 0 atom stereocenters. The van der Waals surface area contributed by atoms with Gasteiger partial charge in [0, 0.05) is 10.6 Å². The Morgan fingerprint density at radius 3 is 2.05 bits per heavy atom. The number of rotatable bonds is 12. The van der Waals surface area contributed by atoms with E-state index in [0.717, 1.165) is 10.6 Å². The summed E-state index contributed by atoms with van der Waals surface area (Å²) in [5.41, 5.74) is 6.35. The molecule has 1 nitrogen and oxygen atoms in total. The molecule has 0 fully saturated rings. The van der Waals surface area contributed by atoms with Crippen LogP contribution >= 0.6 is 11.8 Å². The zero-order valence-corrected chi connectivity index (χ0v) is 14.2. The fourth-order valence-corrected chi connectivity index (χ4v) is 3.38. The fourth-order valence-electron chi connectivity index (χ4n) is 2.42. The van der Waals surface area contributed by atoms with E-state index >= 15 is 0 Å². The number of hydrogen-bond donors (Lipinski definition) is 1. The van der Waals surface area contributed by atoms with Crippen LogP contribution in [0.5, 0.6) is 0 Å². The first-order valence-corrected chi connectivity index (χ1v) is 9.40. The van der Waals surface area contributed by atoms with E-state index in [-0.39, 0.29) is 5.82 Å². The molecule has 1 aromatic rings. The number of thioether (sulfide) groups is 1. The van der Waals surface area contributed by atoms with Gasteiger partial charge in [0.1, 0.15) is 5.82 Å². The zero-order valence-electron chi connectivity index (χ0n) is 13.4. The van der Waals surface area contributed by atoms with Gasteiger partial charge in [-0.25, -0.2) is 4.39 Å². The maximum absolute atomic E-state index is 12.9. The molecule has 0 bridgehead atoms. The second-order valence-corrected chi connectivity index (χ2v) is 6.85. The van der Waals surface area contributed by atoms with E-state index in [0.29, 0.717) is 5.69 Å². The SMILES string of the molecule is CCCCCCCCCCCCSc1ccc(F)cc1N. The highest BCUT2D eigenvalue weighted by atomic mass is 32.2. The van der Waals surface area contributed by atoms with Crippen LogP contribution in [-0.2, 0) is 0 Å². The molecule has 0 aliphatic rings. The molecule has 0 radical (unpaired) electrons. The average molecular weight is 312 g/mol. The maximum Gasteiger partial charge on any atom is 0.125 e. The summed E-state index contributed by atoms with van der Waals surface area (Å²) in [6.07, 6.45) is 13.6. The third kappa shape index (κ3) is 9.02. The van der Waals surface area contributed by atoms with Gasteiger partial charge in [0.25, 0.3) is 0 Å². The molecule has 0 spiro atoms. The van der Waals surface area contributed by atoms with Crippen LogP contribution in [0.4, 0.5) is 10.1 Å². The topological polar surface area (TPSA) is 26.0 Å². The molecule has 1 rings (SSSR count). The van der Waals surface area contributed by atoms with E-state index in [4.69, 9.17) is 5.73 Å². The van der Waals surface area contributed by atoms with Crippen molar-refractivity contribution in [1.29, 1.82) is 0 Å². The molecule has 0 aromatic heterocycles. The van der Waals surface area contributed by atoms with E-state index in [1.54, 1.807) is 17.8 Å². The molecule has 1 aromatic carbocycles. The number of halogens is 1. The molecular formula is C18H30FNS. The minimum atomic E-state index is -0.254. The van der Waals surface area contributed by atoms with Gasteiger partial charge in [-0.15, -0.1) is 11.8 Å². The fraction of sp³-hybridized carbons (Fsp3) is 0.667. The predicted molar refractivity (Wildman–Crippen MR) is 93.4 cm³/mol. The second-order valence-electron chi connectivity index (χ2n) is 5.71. The van der Waals surface area contributed by atoms with Crippen molar-refractivity contribution in [3.8, 4) is 0 Å². The first-order chi connectivity index (χ1) is 10.2. The van der Waals surface area contributed by atoms with Crippen LogP contribution in [0.2, 0.25) is 0 Å². The van der Waals surface area contributed by atoms with Gasteiger partial charge in [0.15, 0.2) is 0 Å². The summed E-state index contributed by atoms with van der Waals surface area (Å²) in [6.45, 7) is 2.26. The highest BCUT2D eigenvalue weighted by Gasteiger charge is 2.01. The van der Waals surface area contributed by atoms with Crippen molar-refractivity contribution in [2.24, 2.45) is 0 Å². The second kappa shape index (κ2) is 11.9. The Morgan fingerprint density at radius 1 is 0.905 bits per heavy atom. The first kappa shape index (κ1) is 18.3. The van der Waals surface area contributed by atoms with E-state index in [2.05, 4.69) is 6.92 Å². The first-order valence-electron chi connectivity index (χ1n) is 8.42. The van der Waals surface area contributed by atoms with Gasteiger partial charge in [0.05, 0.1) is 0 Å². The van der Waals surface area contributed by atoms with Crippen LogP contribution in [-0.4, -0.2) is 5.75 Å². The minimum absolute atomic E-state index is 0.254. The van der Waals surface area contributed by atoms with Crippen molar-refractivity contribution in [2.45, 2.75) is 76.0 Å². The number of nitrogen functional groups attached to an aromatic ring is 1. The third-order valence-electron chi connectivity index (χ3n) is 3.73. The smallest absolute Gasteiger partial charge is 0.125 e. The molecule has 0 heterocycles. The summed E-state index contributed by atoms with van der Waals surface area (Å²) in [6, 6.07) is 4.67. The van der Waals surface area contributed by atoms with Gasteiger partial charge < -0.3 is 5.73 Å². The van der Waals surface area contributed by atoms with Crippen LogP contribution in [0, 0.1) is 5.82 Å². The molecule has 21 heavy (non-hydrogen) atoms. The lowest BCUT2D eigenvalue weighted by atomic mass is 10.1. The molecule has 0 saturated carbocycles. The van der Waals surface area contributed by atoms with Gasteiger partial charge in [-0.1, -0.05) is 64.7 Å². The van der Waals surface area contributed by atoms with Crippen molar-refractivity contribution in [1.82, 2.24) is 0 Å². The van der Waals surface area contributed by atoms with Crippen molar-refractivity contribution in [3.63, 3.8) is 0 Å². The predicted octanol–water partition coefficient (Wildman–Crippen LogP) is 6.42. The molecule has 0 aliphatic carbocycles. The summed E-state index contributed by atoms with van der Waals surface area (Å²) in [7, 11) is 0. The minimum Gasteiger partial charge on any atom is -0.398 e. The standard InChI is InChI=1S/C18H30FNS/c1-2-3-4-5-6-7-8-9-10-11-14-21-18-13-12-16(19)15-17(18)20/h12-13,15H,2-11,14,20H2,1H3. The Kier molecular flexibility index (Phi) is 10.4. The van der Waals surface area contributed by atoms with Gasteiger partial charge in [-0.2, -0.15) is 0 Å². The van der Waals surface area contributed by atoms with Crippen molar-refractivity contribution in [2.75, 3.05) is 11.5 Å². The Bertz CT molecular complexity index is 381. The van der Waals surface area contributed by atoms with Crippen molar-refractivity contribution >= 4 is 17.4 Å². The molecule has 3 heteroatoms. The summed E-state index contributed by atoms with van der Waals surface area (Å²) in [4.78, 5) is 1.01. The lowest BCUT2D eigenvalue weighted by Gasteiger charge is -2.05. The largest absolute Gasteiger partial charge is 0.398 e. The summed E-state index contributed by atoms with van der Waals surface area (Å²) in [5.74, 6) is 0.822. The number of nitrogens with two attached hydrogens (primary N) is 1. The zero-order chi connectivity index (χ0) is 15.3. The average Bonchev–Trinajstić information content (AvgIpc) is 2.46. The van der Waals surface area contributed by atoms with E-state index in [1.807, 2.05) is 0 Å². The van der Waals surface area contributed by atoms with Crippen molar-refractivity contribution in [3.05, 3.63) is 24.0 Å². The normalized spacial score (nSPS) is 11.0. The summed E-state index contributed by atoms with van der Waals surface area (Å²) < 4.78 is 12.9. The molecular weight excluding hydrogens is 281 g/mol. The molecule has 0 amide bonds. The van der Waals surface area contributed by atoms with E-state index in [9.17, 15) is 4.39 Å². The maximum atomic E-state index is 12.9. The van der Waals surface area contributed by atoms with Crippen LogP contribution < -0.4 is 5.73 Å². The van der Waals surface area contributed by atoms with Gasteiger partial charge in [-0.3, -0.25) is 0 Å². The molecule has 0 aliphatic heterocycles. The molecule has 0 unspecified atom stereocenters. The Hall–Kier alpha value is -0.700. The lowest BCUT2D eigenvalue weighted by molar-refractivity contribution is 0.563. The molecule has 120 valence electrons. The monoisotopic (exact) mass is 311 g/mol. The molecule has 2 N–H and O–H groups in total. The van der Waals surface area contributed by atoms with Gasteiger partial charge >= 0.3 is 0 Å². The van der Waals surface area contributed by atoms with Crippen LogP contribution in [0.25, 0.3) is 0 Å². The number of hydrogen-bond acceptors (Lipinski definition) is 2. The van der Waals surface area contributed by atoms with Crippen LogP contribution in [0.3, 0.4) is 0 Å². The third-order valence-corrected chi connectivity index (χ3v) is 4.90. The number of anilines is 1. The van der Waals surface area contributed by atoms with E-state index < -0.39 is 0 Å². The Balaban J connectivity index is 1.93. The number of unbranched alkanes of at least 4 members (excludes halogenated alkanes) is 9. The van der Waals surface area contributed by atoms with Gasteiger partial charge in [0.2, 0.25) is 0 Å². The highest BCUT2D eigenvalue weighted by molar-refractivity contribution is 7.99. The van der Waals surface area contributed by atoms with Crippen LogP contribution in [0.15, 0.2) is 23.1 Å². The van der Waals surface area contributed by atoms with Crippen molar-refractivity contribution < 1.29 is 4.39 Å². The molecule has 0 saturated heterocycles. The summed E-state index contributed by atoms with van der Waals surface area (Å²) in [5, 5.41) is 0. The Labute approximate surface area is 133 Å². The Morgan fingerprint density at radius 2 is 1.48 bits per heavy atom. The highest BCUT2D eigenvalue weighted by Crippen LogP contribution is 2.26. The van der Waals surface area contributed by atoms with E-state index in [1.165, 1.54) is 76.3 Å². The lowest BCUT2D eigenvalue weighted by Crippen LogP contribution is -1.91.